The lowest BCUT2D eigenvalue weighted by Gasteiger charge is -2.17. The van der Waals surface area contributed by atoms with Gasteiger partial charge in [-0.25, -0.2) is 4.79 Å². The van der Waals surface area contributed by atoms with Crippen molar-refractivity contribution in [3.63, 3.8) is 0 Å². The van der Waals surface area contributed by atoms with Crippen molar-refractivity contribution in [1.29, 1.82) is 0 Å². The van der Waals surface area contributed by atoms with Gasteiger partial charge in [0, 0.05) is 17.9 Å². The van der Waals surface area contributed by atoms with Gasteiger partial charge >= 0.3 is 5.97 Å². The van der Waals surface area contributed by atoms with Gasteiger partial charge in [0.25, 0.3) is 0 Å². The van der Waals surface area contributed by atoms with Crippen molar-refractivity contribution in [2.24, 2.45) is 5.73 Å². The third-order valence-electron chi connectivity index (χ3n) is 2.90. The summed E-state index contributed by atoms with van der Waals surface area (Å²) in [6.07, 6.45) is 0.539. The topological polar surface area (TPSA) is 131 Å². The Balaban J connectivity index is 2.24. The first-order chi connectivity index (χ1) is 8.22. The van der Waals surface area contributed by atoms with Crippen LogP contribution in [0, 0.1) is 0 Å². The number of hydrogen-bond donors (Lipinski definition) is 3. The van der Waals surface area contributed by atoms with Crippen LogP contribution < -0.4 is 5.73 Å². The van der Waals surface area contributed by atoms with Crippen molar-refractivity contribution >= 4 is 5.97 Å². The fourth-order valence-electron chi connectivity index (χ4n) is 2.11. The smallest absolute Gasteiger partial charge is 0.358 e. The van der Waals surface area contributed by atoms with Gasteiger partial charge in [0.2, 0.25) is 0 Å². The zero-order valence-corrected chi connectivity index (χ0v) is 8.67. The van der Waals surface area contributed by atoms with Crippen LogP contribution >= 0.6 is 0 Å². The Hall–Kier alpha value is -2.22. The molecular formula is C9H9N5O3. The molecule has 0 saturated carbocycles. The summed E-state index contributed by atoms with van der Waals surface area (Å²) >= 11 is 0. The minimum atomic E-state index is -1.12. The lowest BCUT2D eigenvalue weighted by Crippen LogP contribution is -2.21. The standard InChI is InChI=1S/C9H9N5O3/c10-2-3-1-4-6(12-14-11-4)8-5(3)7(9(15)16)13-17-8/h3H,1-2,10H2,(H,15,16)(H,11,12,14). The van der Waals surface area contributed by atoms with Crippen molar-refractivity contribution in [1.82, 2.24) is 20.6 Å². The lowest BCUT2D eigenvalue weighted by molar-refractivity contribution is 0.0684. The molecule has 0 fully saturated rings. The molecule has 2 aromatic heterocycles. The van der Waals surface area contributed by atoms with Gasteiger partial charge in [0.1, 0.15) is 0 Å². The highest BCUT2D eigenvalue weighted by Gasteiger charge is 2.35. The minimum Gasteiger partial charge on any atom is -0.476 e. The molecule has 1 aliphatic rings. The lowest BCUT2D eigenvalue weighted by atomic mass is 9.86. The Morgan fingerprint density at radius 1 is 1.59 bits per heavy atom. The van der Waals surface area contributed by atoms with E-state index in [1.54, 1.807) is 0 Å². The number of nitrogens with one attached hydrogen (secondary N) is 1. The highest BCUT2D eigenvalue weighted by molar-refractivity contribution is 5.89. The number of nitrogens with zero attached hydrogens (tertiary/aromatic N) is 3. The Kier molecular flexibility index (Phi) is 1.99. The number of aromatic carboxylic acids is 1. The van der Waals surface area contributed by atoms with Crippen molar-refractivity contribution < 1.29 is 14.4 Å². The SMILES string of the molecule is NCC1Cc2n[nH]nc2-c2onc(C(=O)O)c21. The number of carboxylic acid groups (broad SMARTS) is 1. The van der Waals surface area contributed by atoms with Crippen LogP contribution in [-0.4, -0.2) is 38.2 Å². The molecule has 1 unspecified atom stereocenters. The summed E-state index contributed by atoms with van der Waals surface area (Å²) in [5.74, 6) is -0.923. The highest BCUT2D eigenvalue weighted by atomic mass is 16.5. The van der Waals surface area contributed by atoms with Crippen LogP contribution in [0.15, 0.2) is 4.52 Å². The third-order valence-corrected chi connectivity index (χ3v) is 2.90. The predicted molar refractivity (Wildman–Crippen MR) is 54.3 cm³/mol. The summed E-state index contributed by atoms with van der Waals surface area (Å²) in [6, 6.07) is 0. The number of aromatic nitrogens is 4. The second-order valence-electron chi connectivity index (χ2n) is 3.83. The molecule has 0 amide bonds. The van der Waals surface area contributed by atoms with Crippen LogP contribution in [0.25, 0.3) is 11.5 Å². The van der Waals surface area contributed by atoms with Crippen LogP contribution in [0.3, 0.4) is 0 Å². The van der Waals surface area contributed by atoms with Gasteiger partial charge in [0.05, 0.1) is 5.69 Å². The fourth-order valence-corrected chi connectivity index (χ4v) is 2.11. The van der Waals surface area contributed by atoms with Crippen LogP contribution in [-0.2, 0) is 6.42 Å². The van der Waals surface area contributed by atoms with Gasteiger partial charge in [-0.3, -0.25) is 0 Å². The number of H-pyrrole nitrogens is 1. The number of carbonyl (C=O) groups is 1. The molecule has 2 heterocycles. The first kappa shape index (κ1) is 9.97. The molecule has 0 saturated heterocycles. The van der Waals surface area contributed by atoms with E-state index >= 15 is 0 Å². The molecule has 0 aliphatic heterocycles. The highest BCUT2D eigenvalue weighted by Crippen LogP contribution is 2.38. The Morgan fingerprint density at radius 3 is 3.12 bits per heavy atom. The van der Waals surface area contributed by atoms with E-state index in [0.717, 1.165) is 5.69 Å². The minimum absolute atomic E-state index is 0.0934. The Bertz CT molecular complexity index is 587. The number of carboxylic acids is 1. The summed E-state index contributed by atoms with van der Waals surface area (Å²) in [5, 5.41) is 23.0. The molecule has 2 aromatic rings. The number of rotatable bonds is 2. The van der Waals surface area contributed by atoms with E-state index in [9.17, 15) is 4.79 Å². The summed E-state index contributed by atoms with van der Waals surface area (Å²) in [7, 11) is 0. The van der Waals surface area contributed by atoms with Crippen molar-refractivity contribution in [3.05, 3.63) is 17.0 Å². The largest absolute Gasteiger partial charge is 0.476 e. The van der Waals surface area contributed by atoms with Gasteiger partial charge in [-0.2, -0.15) is 15.4 Å². The van der Waals surface area contributed by atoms with Crippen LogP contribution in [0.2, 0.25) is 0 Å². The summed E-state index contributed by atoms with van der Waals surface area (Å²) in [5.41, 5.74) is 7.31. The molecular weight excluding hydrogens is 226 g/mol. The monoisotopic (exact) mass is 235 g/mol. The zero-order chi connectivity index (χ0) is 12.0. The third kappa shape index (κ3) is 1.27. The molecule has 1 atom stereocenters. The van der Waals surface area contributed by atoms with E-state index in [1.165, 1.54) is 0 Å². The van der Waals surface area contributed by atoms with E-state index in [0.29, 0.717) is 30.0 Å². The molecule has 0 radical (unpaired) electrons. The number of fused-ring (bicyclic) bond motifs is 3. The number of hydrogen-bond acceptors (Lipinski definition) is 6. The zero-order valence-electron chi connectivity index (χ0n) is 8.67. The van der Waals surface area contributed by atoms with E-state index in [-0.39, 0.29) is 11.6 Å². The summed E-state index contributed by atoms with van der Waals surface area (Å²) in [6.45, 7) is 0.306. The molecule has 1 aliphatic carbocycles. The molecule has 0 aromatic carbocycles. The average Bonchev–Trinajstić information content (AvgIpc) is 2.93. The molecule has 0 spiro atoms. The number of aromatic amines is 1. The molecule has 0 bridgehead atoms. The Morgan fingerprint density at radius 2 is 2.41 bits per heavy atom. The fraction of sp³-hybridized carbons (Fsp3) is 0.333. The molecule has 17 heavy (non-hydrogen) atoms. The maximum Gasteiger partial charge on any atom is 0.358 e. The van der Waals surface area contributed by atoms with Gasteiger partial charge in [-0.1, -0.05) is 5.16 Å². The van der Waals surface area contributed by atoms with E-state index < -0.39 is 5.97 Å². The van der Waals surface area contributed by atoms with Crippen molar-refractivity contribution in [2.45, 2.75) is 12.3 Å². The summed E-state index contributed by atoms with van der Waals surface area (Å²) in [4.78, 5) is 11.0. The average molecular weight is 235 g/mol. The van der Waals surface area contributed by atoms with Crippen LogP contribution in [0.4, 0.5) is 0 Å². The van der Waals surface area contributed by atoms with Crippen LogP contribution in [0.5, 0.6) is 0 Å². The molecule has 8 heteroatoms. The van der Waals surface area contributed by atoms with Gasteiger partial charge in [-0.05, 0) is 6.54 Å². The summed E-state index contributed by atoms with van der Waals surface area (Å²) < 4.78 is 5.06. The first-order valence-electron chi connectivity index (χ1n) is 5.05. The maximum atomic E-state index is 11.0. The van der Waals surface area contributed by atoms with Gasteiger partial charge < -0.3 is 15.4 Å². The van der Waals surface area contributed by atoms with Gasteiger partial charge in [-0.15, -0.1) is 0 Å². The molecule has 3 rings (SSSR count). The molecule has 4 N–H and O–H groups in total. The quantitative estimate of drug-likeness (QED) is 0.654. The van der Waals surface area contributed by atoms with E-state index in [1.807, 2.05) is 0 Å². The molecule has 8 nitrogen and oxygen atoms in total. The first-order valence-corrected chi connectivity index (χ1v) is 5.05. The molecule has 88 valence electrons. The number of nitrogens with two attached hydrogens (primary N) is 1. The van der Waals surface area contributed by atoms with E-state index in [2.05, 4.69) is 20.6 Å². The predicted octanol–water partition coefficient (Wildman–Crippen LogP) is -0.244. The van der Waals surface area contributed by atoms with Crippen molar-refractivity contribution in [3.8, 4) is 11.5 Å². The maximum absolute atomic E-state index is 11.0. The normalized spacial score (nSPS) is 17.6. The second kappa shape index (κ2) is 3.39. The Labute approximate surface area is 94.8 Å². The van der Waals surface area contributed by atoms with Gasteiger partial charge in [0.15, 0.2) is 17.1 Å². The van der Waals surface area contributed by atoms with Crippen molar-refractivity contribution in [2.75, 3.05) is 6.54 Å². The van der Waals surface area contributed by atoms with Crippen LogP contribution in [0.1, 0.15) is 27.7 Å². The van der Waals surface area contributed by atoms with E-state index in [4.69, 9.17) is 15.4 Å². The second-order valence-corrected chi connectivity index (χ2v) is 3.83.